The van der Waals surface area contributed by atoms with Crippen molar-refractivity contribution in [1.29, 1.82) is 0 Å². The van der Waals surface area contributed by atoms with Crippen molar-refractivity contribution in [3.63, 3.8) is 0 Å². The number of nitrogens with one attached hydrogen (secondary N) is 1. The van der Waals surface area contributed by atoms with Crippen molar-refractivity contribution in [1.82, 2.24) is 0 Å². The van der Waals surface area contributed by atoms with Crippen LogP contribution in [-0.4, -0.2) is 5.91 Å². The molecule has 0 aliphatic carbocycles. The first-order valence-electron chi connectivity index (χ1n) is 5.39. The van der Waals surface area contributed by atoms with Crippen molar-refractivity contribution in [2.45, 2.75) is 0 Å². The molecule has 0 saturated carbocycles. The molecule has 0 heterocycles. The number of benzene rings is 2. The van der Waals surface area contributed by atoms with Crippen LogP contribution in [0.25, 0.3) is 0 Å². The summed E-state index contributed by atoms with van der Waals surface area (Å²) in [6, 6.07) is 7.51. The summed E-state index contributed by atoms with van der Waals surface area (Å²) in [5, 5.41) is 2.63. The zero-order valence-corrected chi connectivity index (χ0v) is 9.78. The van der Waals surface area contributed by atoms with E-state index in [4.69, 9.17) is 11.5 Å². The normalized spacial score (nSPS) is 10.2. The highest BCUT2D eigenvalue weighted by molar-refractivity contribution is 6.01. The molecule has 0 bridgehead atoms. The van der Waals surface area contributed by atoms with E-state index >= 15 is 0 Å². The standard InChI is InChI=1S/C13H11F2N3O/c14-7-4-5-9(15)11(6-7)18-10-3-1-2-8(12(10)16)13(17)19/h1-6,18H,16H2,(H2,17,19). The highest BCUT2D eigenvalue weighted by atomic mass is 19.1. The van der Waals surface area contributed by atoms with Crippen LogP contribution in [0.15, 0.2) is 36.4 Å². The lowest BCUT2D eigenvalue weighted by Gasteiger charge is -2.12. The van der Waals surface area contributed by atoms with Gasteiger partial charge in [0.25, 0.3) is 5.91 Å². The Labute approximate surface area is 108 Å². The van der Waals surface area contributed by atoms with Gasteiger partial charge in [0.1, 0.15) is 11.6 Å². The lowest BCUT2D eigenvalue weighted by atomic mass is 10.1. The van der Waals surface area contributed by atoms with Crippen LogP contribution in [0.5, 0.6) is 0 Å². The average molecular weight is 263 g/mol. The minimum absolute atomic E-state index is 0.0756. The number of hydrogen-bond acceptors (Lipinski definition) is 3. The van der Waals surface area contributed by atoms with Gasteiger partial charge in [-0.15, -0.1) is 0 Å². The van der Waals surface area contributed by atoms with E-state index in [1.54, 1.807) is 0 Å². The number of para-hydroxylation sites is 1. The molecule has 4 nitrogen and oxygen atoms in total. The fourth-order valence-electron chi connectivity index (χ4n) is 1.63. The van der Waals surface area contributed by atoms with E-state index in [1.165, 1.54) is 18.2 Å². The Hall–Kier alpha value is -2.63. The van der Waals surface area contributed by atoms with Gasteiger partial charge in [0.05, 0.1) is 22.6 Å². The van der Waals surface area contributed by atoms with E-state index in [2.05, 4.69) is 5.32 Å². The molecule has 2 rings (SSSR count). The molecule has 0 aliphatic rings. The number of amides is 1. The molecule has 0 atom stereocenters. The van der Waals surface area contributed by atoms with Crippen molar-refractivity contribution in [3.05, 3.63) is 53.6 Å². The first-order valence-corrected chi connectivity index (χ1v) is 5.39. The van der Waals surface area contributed by atoms with Crippen molar-refractivity contribution >= 4 is 23.0 Å². The van der Waals surface area contributed by atoms with Crippen molar-refractivity contribution in [2.75, 3.05) is 11.1 Å². The number of carbonyl (C=O) groups excluding carboxylic acids is 1. The second-order valence-corrected chi connectivity index (χ2v) is 3.88. The summed E-state index contributed by atoms with van der Waals surface area (Å²) in [6.07, 6.45) is 0. The van der Waals surface area contributed by atoms with E-state index in [-0.39, 0.29) is 22.6 Å². The maximum atomic E-state index is 13.5. The van der Waals surface area contributed by atoms with Crippen molar-refractivity contribution < 1.29 is 13.6 Å². The summed E-state index contributed by atoms with van der Waals surface area (Å²) in [7, 11) is 0. The van der Waals surface area contributed by atoms with Crippen LogP contribution < -0.4 is 16.8 Å². The Morgan fingerprint density at radius 1 is 1.11 bits per heavy atom. The van der Waals surface area contributed by atoms with E-state index < -0.39 is 17.5 Å². The van der Waals surface area contributed by atoms with Gasteiger partial charge in [-0.1, -0.05) is 6.07 Å². The van der Waals surface area contributed by atoms with E-state index in [0.717, 1.165) is 18.2 Å². The van der Waals surface area contributed by atoms with Gasteiger partial charge in [-0.3, -0.25) is 4.79 Å². The third-order valence-electron chi connectivity index (χ3n) is 2.57. The Morgan fingerprint density at radius 3 is 2.53 bits per heavy atom. The number of nitrogens with two attached hydrogens (primary N) is 2. The molecule has 1 amide bonds. The quantitative estimate of drug-likeness (QED) is 0.744. The summed E-state index contributed by atoms with van der Waals surface area (Å²) >= 11 is 0. The molecule has 0 spiro atoms. The summed E-state index contributed by atoms with van der Waals surface area (Å²) in [5.74, 6) is -1.92. The number of carbonyl (C=O) groups is 1. The first-order chi connectivity index (χ1) is 8.99. The largest absolute Gasteiger partial charge is 0.396 e. The minimum atomic E-state index is -0.694. The molecule has 0 unspecified atom stereocenters. The van der Waals surface area contributed by atoms with Crippen LogP contribution in [0.4, 0.5) is 25.8 Å². The van der Waals surface area contributed by atoms with Gasteiger partial charge in [-0.25, -0.2) is 8.78 Å². The first kappa shape index (κ1) is 12.8. The molecule has 2 aromatic rings. The molecule has 0 aromatic heterocycles. The Balaban J connectivity index is 2.41. The molecule has 6 heteroatoms. The molecule has 0 aliphatic heterocycles. The Bertz CT molecular complexity index is 644. The van der Waals surface area contributed by atoms with E-state index in [0.29, 0.717) is 0 Å². The summed E-state index contributed by atoms with van der Waals surface area (Å²) < 4.78 is 26.5. The SMILES string of the molecule is NC(=O)c1cccc(Nc2cc(F)ccc2F)c1N. The molecule has 0 radical (unpaired) electrons. The number of halogens is 2. The van der Waals surface area contributed by atoms with Crippen LogP contribution in [0, 0.1) is 11.6 Å². The number of nitrogen functional groups attached to an aromatic ring is 1. The van der Waals surface area contributed by atoms with Gasteiger partial charge < -0.3 is 16.8 Å². The van der Waals surface area contributed by atoms with Crippen LogP contribution in [0.3, 0.4) is 0 Å². The topological polar surface area (TPSA) is 81.1 Å². The third-order valence-corrected chi connectivity index (χ3v) is 2.57. The molecular formula is C13H11F2N3O. The Morgan fingerprint density at radius 2 is 1.84 bits per heavy atom. The highest BCUT2D eigenvalue weighted by Crippen LogP contribution is 2.27. The molecule has 98 valence electrons. The highest BCUT2D eigenvalue weighted by Gasteiger charge is 2.11. The van der Waals surface area contributed by atoms with Gasteiger partial charge in [0.15, 0.2) is 0 Å². The van der Waals surface area contributed by atoms with Crippen LogP contribution >= 0.6 is 0 Å². The van der Waals surface area contributed by atoms with Gasteiger partial charge in [-0.2, -0.15) is 0 Å². The zero-order chi connectivity index (χ0) is 14.0. The maximum absolute atomic E-state index is 13.5. The molecular weight excluding hydrogens is 252 g/mol. The zero-order valence-electron chi connectivity index (χ0n) is 9.78. The third kappa shape index (κ3) is 2.62. The van der Waals surface area contributed by atoms with Crippen LogP contribution in [0.1, 0.15) is 10.4 Å². The van der Waals surface area contributed by atoms with Crippen molar-refractivity contribution in [2.24, 2.45) is 5.73 Å². The average Bonchev–Trinajstić information content (AvgIpc) is 2.36. The van der Waals surface area contributed by atoms with Gasteiger partial charge in [0.2, 0.25) is 0 Å². The van der Waals surface area contributed by atoms with Crippen LogP contribution in [-0.2, 0) is 0 Å². The molecule has 5 N–H and O–H groups in total. The summed E-state index contributed by atoms with van der Waals surface area (Å²) in [6.45, 7) is 0. The Kier molecular flexibility index (Phi) is 3.33. The molecule has 0 saturated heterocycles. The number of hydrogen-bond donors (Lipinski definition) is 3. The lowest BCUT2D eigenvalue weighted by molar-refractivity contribution is 0.100. The fraction of sp³-hybridized carbons (Fsp3) is 0. The fourth-order valence-corrected chi connectivity index (χ4v) is 1.63. The van der Waals surface area contributed by atoms with Gasteiger partial charge in [-0.05, 0) is 24.3 Å². The number of anilines is 3. The van der Waals surface area contributed by atoms with Crippen LogP contribution in [0.2, 0.25) is 0 Å². The maximum Gasteiger partial charge on any atom is 0.250 e. The van der Waals surface area contributed by atoms with Gasteiger partial charge in [0, 0.05) is 6.07 Å². The second-order valence-electron chi connectivity index (χ2n) is 3.88. The number of primary amides is 1. The number of rotatable bonds is 3. The summed E-state index contributed by atoms with van der Waals surface area (Å²) in [4.78, 5) is 11.1. The molecule has 0 fully saturated rings. The van der Waals surface area contributed by atoms with E-state index in [1.807, 2.05) is 0 Å². The molecule has 2 aromatic carbocycles. The predicted octanol–water partition coefficient (Wildman–Crippen LogP) is 2.39. The van der Waals surface area contributed by atoms with E-state index in [9.17, 15) is 13.6 Å². The monoisotopic (exact) mass is 263 g/mol. The predicted molar refractivity (Wildman–Crippen MR) is 69.0 cm³/mol. The van der Waals surface area contributed by atoms with Crippen molar-refractivity contribution in [3.8, 4) is 0 Å². The minimum Gasteiger partial charge on any atom is -0.396 e. The smallest absolute Gasteiger partial charge is 0.250 e. The second kappa shape index (κ2) is 4.93. The lowest BCUT2D eigenvalue weighted by Crippen LogP contribution is -2.14. The van der Waals surface area contributed by atoms with Gasteiger partial charge >= 0.3 is 0 Å². The molecule has 19 heavy (non-hydrogen) atoms. The summed E-state index contributed by atoms with van der Waals surface area (Å²) in [5.41, 5.74) is 11.3.